The van der Waals surface area contributed by atoms with Crippen molar-refractivity contribution in [3.05, 3.63) is 228 Å². The van der Waals surface area contributed by atoms with Gasteiger partial charge < -0.3 is 4.90 Å². The van der Waals surface area contributed by atoms with Crippen LogP contribution in [0, 0.1) is 0 Å². The van der Waals surface area contributed by atoms with Crippen LogP contribution in [0.3, 0.4) is 0 Å². The maximum atomic E-state index is 4.07. The van der Waals surface area contributed by atoms with Crippen molar-refractivity contribution in [3.8, 4) is 33.4 Å². The fourth-order valence-electron chi connectivity index (χ4n) is 10.0. The summed E-state index contributed by atoms with van der Waals surface area (Å²) in [4.78, 5) is 2.52. The highest BCUT2D eigenvalue weighted by Crippen LogP contribution is 2.65. The summed E-state index contributed by atoms with van der Waals surface area (Å²) in [6, 6.07) is 61.0. The lowest BCUT2D eigenvalue weighted by Gasteiger charge is -2.36. The molecule has 0 bridgehead atoms. The fourth-order valence-corrected chi connectivity index (χ4v) is 10.0. The molecule has 3 aliphatic rings. The quantitative estimate of drug-likeness (QED) is 0.174. The monoisotopic (exact) mass is 691 g/mol. The second kappa shape index (κ2) is 12.0. The molecule has 7 aromatic rings. The van der Waals surface area contributed by atoms with Crippen LogP contribution in [0.1, 0.15) is 54.2 Å². The van der Waals surface area contributed by atoms with Gasteiger partial charge in [0.15, 0.2) is 0 Å². The Morgan fingerprint density at radius 1 is 0.500 bits per heavy atom. The molecule has 1 heteroatoms. The molecule has 1 nitrogen and oxygen atoms in total. The SMILES string of the molecule is C=C/C=C1\C(=C/C)C(C)(C)c2cc(N(c3ccc(-c4ccccc4)cc3)c3cccc4c3C3(c5ccccc5-c5ccccc53)c3ccccc3-4)ccc21. The van der Waals surface area contributed by atoms with Crippen molar-refractivity contribution in [2.24, 2.45) is 0 Å². The molecule has 0 amide bonds. The predicted octanol–water partition coefficient (Wildman–Crippen LogP) is 14.0. The van der Waals surface area contributed by atoms with E-state index in [1.807, 2.05) is 6.08 Å². The molecule has 0 atom stereocenters. The summed E-state index contributed by atoms with van der Waals surface area (Å²) >= 11 is 0. The molecule has 0 N–H and O–H groups in total. The van der Waals surface area contributed by atoms with Gasteiger partial charge in [-0.1, -0.05) is 172 Å². The summed E-state index contributed by atoms with van der Waals surface area (Å²) in [7, 11) is 0. The summed E-state index contributed by atoms with van der Waals surface area (Å²) in [5, 5.41) is 0. The zero-order valence-corrected chi connectivity index (χ0v) is 31.0. The third kappa shape index (κ3) is 4.33. The molecule has 7 aromatic carbocycles. The van der Waals surface area contributed by atoms with Gasteiger partial charge in [0.2, 0.25) is 0 Å². The molecule has 0 heterocycles. The number of benzene rings is 7. The molecule has 0 aliphatic heterocycles. The van der Waals surface area contributed by atoms with Gasteiger partial charge in [0.1, 0.15) is 0 Å². The van der Waals surface area contributed by atoms with Gasteiger partial charge in [-0.3, -0.25) is 0 Å². The molecule has 0 saturated carbocycles. The summed E-state index contributed by atoms with van der Waals surface area (Å²) in [6.07, 6.45) is 6.36. The second-order valence-corrected chi connectivity index (χ2v) is 15.2. The van der Waals surface area contributed by atoms with Gasteiger partial charge in [-0.2, -0.15) is 0 Å². The smallest absolute Gasteiger partial charge is 0.0746 e. The largest absolute Gasteiger partial charge is 0.310 e. The number of fused-ring (bicyclic) bond motifs is 11. The summed E-state index contributed by atoms with van der Waals surface area (Å²) in [5.41, 5.74) is 21.0. The van der Waals surface area contributed by atoms with E-state index in [0.29, 0.717) is 0 Å². The first-order chi connectivity index (χ1) is 26.5. The number of hydrogen-bond donors (Lipinski definition) is 0. The molecule has 0 fully saturated rings. The Morgan fingerprint density at radius 2 is 1.04 bits per heavy atom. The van der Waals surface area contributed by atoms with Crippen LogP contribution in [0.5, 0.6) is 0 Å². The number of hydrogen-bond acceptors (Lipinski definition) is 1. The first-order valence-corrected chi connectivity index (χ1v) is 19.0. The highest BCUT2D eigenvalue weighted by molar-refractivity contribution is 6.00. The summed E-state index contributed by atoms with van der Waals surface area (Å²) < 4.78 is 0. The summed E-state index contributed by atoms with van der Waals surface area (Å²) in [5.74, 6) is 0. The Bertz CT molecular complexity index is 2640. The van der Waals surface area contributed by atoms with Gasteiger partial charge in [-0.15, -0.1) is 0 Å². The van der Waals surface area contributed by atoms with Crippen LogP contribution in [0.2, 0.25) is 0 Å². The minimum atomic E-state index is -0.480. The highest BCUT2D eigenvalue weighted by atomic mass is 15.1. The van der Waals surface area contributed by atoms with Crippen molar-refractivity contribution in [1.82, 2.24) is 0 Å². The molecule has 258 valence electrons. The van der Waals surface area contributed by atoms with Crippen LogP contribution >= 0.6 is 0 Å². The molecule has 0 radical (unpaired) electrons. The first kappa shape index (κ1) is 32.2. The van der Waals surface area contributed by atoms with Gasteiger partial charge in [0.05, 0.1) is 11.1 Å². The van der Waals surface area contributed by atoms with Gasteiger partial charge >= 0.3 is 0 Å². The molecule has 0 aromatic heterocycles. The molecule has 0 saturated heterocycles. The molecule has 54 heavy (non-hydrogen) atoms. The van der Waals surface area contributed by atoms with Crippen molar-refractivity contribution in [1.29, 1.82) is 0 Å². The third-order valence-electron chi connectivity index (χ3n) is 12.2. The summed E-state index contributed by atoms with van der Waals surface area (Å²) in [6.45, 7) is 10.9. The Morgan fingerprint density at radius 3 is 1.65 bits per heavy atom. The average molecular weight is 692 g/mol. The Balaban J connectivity index is 1.28. The van der Waals surface area contributed by atoms with Gasteiger partial charge in [0, 0.05) is 22.4 Å². The van der Waals surface area contributed by atoms with E-state index in [0.717, 1.165) is 11.4 Å². The van der Waals surface area contributed by atoms with E-state index in [9.17, 15) is 0 Å². The fraction of sp³-hybridized carbons (Fsp3) is 0.0943. The topological polar surface area (TPSA) is 3.24 Å². The average Bonchev–Trinajstić information content (AvgIpc) is 3.77. The van der Waals surface area contributed by atoms with E-state index >= 15 is 0 Å². The van der Waals surface area contributed by atoms with Gasteiger partial charge in [0.25, 0.3) is 0 Å². The maximum absolute atomic E-state index is 4.07. The zero-order valence-electron chi connectivity index (χ0n) is 31.0. The maximum Gasteiger partial charge on any atom is 0.0746 e. The number of nitrogens with zero attached hydrogens (tertiary/aromatic N) is 1. The van der Waals surface area contributed by atoms with E-state index in [-0.39, 0.29) is 5.41 Å². The van der Waals surface area contributed by atoms with Crippen LogP contribution in [0.15, 0.2) is 194 Å². The zero-order chi connectivity index (χ0) is 36.6. The van der Waals surface area contributed by atoms with Gasteiger partial charge in [-0.05, 0) is 110 Å². The van der Waals surface area contributed by atoms with Crippen LogP contribution in [-0.4, -0.2) is 0 Å². The van der Waals surface area contributed by atoms with Crippen molar-refractivity contribution < 1.29 is 0 Å². The van der Waals surface area contributed by atoms with Crippen molar-refractivity contribution in [3.63, 3.8) is 0 Å². The second-order valence-electron chi connectivity index (χ2n) is 15.2. The van der Waals surface area contributed by atoms with Crippen molar-refractivity contribution in [2.45, 2.75) is 31.6 Å². The standard InChI is InChI=1S/C53H41N/c1-5-17-39-43-33-32-38(34-49(43)52(3,4)45(39)6-2)54(37-30-28-36(29-31-37)35-18-8-7-9-19-35)50-27-16-23-44-42-22-12-15-26-48(42)53(51(44)50)46-24-13-10-20-40(46)41-21-11-14-25-47(41)53/h5-34H,1H2,2-4H3/b39-17-,45-6+. The van der Waals surface area contributed by atoms with E-state index < -0.39 is 5.41 Å². The lowest BCUT2D eigenvalue weighted by molar-refractivity contribution is 0.659. The van der Waals surface area contributed by atoms with Crippen LogP contribution in [-0.2, 0) is 10.8 Å². The Labute approximate surface area is 318 Å². The molecular formula is C53H41N. The minimum Gasteiger partial charge on any atom is -0.310 e. The normalized spacial score (nSPS) is 16.5. The van der Waals surface area contributed by atoms with Crippen molar-refractivity contribution >= 4 is 22.6 Å². The highest BCUT2D eigenvalue weighted by Gasteiger charge is 2.53. The van der Waals surface area contributed by atoms with Crippen LogP contribution < -0.4 is 4.90 Å². The van der Waals surface area contributed by atoms with E-state index in [2.05, 4.69) is 208 Å². The molecule has 0 unspecified atom stereocenters. The Hall–Kier alpha value is -6.44. The van der Waals surface area contributed by atoms with Crippen molar-refractivity contribution in [2.75, 3.05) is 4.90 Å². The van der Waals surface area contributed by atoms with Gasteiger partial charge in [-0.25, -0.2) is 0 Å². The Kier molecular flexibility index (Phi) is 7.19. The van der Waals surface area contributed by atoms with Crippen LogP contribution in [0.25, 0.3) is 39.0 Å². The lowest BCUT2D eigenvalue weighted by atomic mass is 9.70. The van der Waals surface area contributed by atoms with E-state index in [1.165, 1.54) is 83.6 Å². The number of allylic oxidation sites excluding steroid dienone is 5. The molecule has 10 rings (SSSR count). The third-order valence-corrected chi connectivity index (χ3v) is 12.2. The number of rotatable bonds is 5. The van der Waals surface area contributed by atoms with E-state index in [4.69, 9.17) is 0 Å². The molecule has 1 spiro atoms. The molecular weight excluding hydrogens is 651 g/mol. The van der Waals surface area contributed by atoms with Crippen LogP contribution in [0.4, 0.5) is 17.1 Å². The lowest BCUT2D eigenvalue weighted by Crippen LogP contribution is -2.28. The predicted molar refractivity (Wildman–Crippen MR) is 228 cm³/mol. The minimum absolute atomic E-state index is 0.169. The first-order valence-electron chi connectivity index (χ1n) is 19.0. The number of anilines is 3. The molecule has 3 aliphatic carbocycles. The van der Waals surface area contributed by atoms with E-state index in [1.54, 1.807) is 0 Å².